The predicted octanol–water partition coefficient (Wildman–Crippen LogP) is 15.0. The molecule has 0 rings (SSSR count). The number of rotatable bonds is 49. The lowest BCUT2D eigenvalue weighted by atomic mass is 10.1. The topological polar surface area (TPSA) is 155 Å². The van der Waals surface area contributed by atoms with Gasteiger partial charge in [-0.15, -0.1) is 0 Å². The predicted molar refractivity (Wildman–Crippen MR) is 270 cm³/mol. The summed E-state index contributed by atoms with van der Waals surface area (Å²) in [7, 11) is -4.74. The summed E-state index contributed by atoms with van der Waals surface area (Å²) in [6, 6.07) is 0. The molecule has 11 nitrogen and oxygen atoms in total. The first-order valence-electron chi connectivity index (χ1n) is 26.5. The molecule has 2 N–H and O–H groups in total. The number of carbonyl (C=O) groups is 3. The summed E-state index contributed by atoms with van der Waals surface area (Å²) in [5.41, 5.74) is 0. The zero-order valence-electron chi connectivity index (χ0n) is 42.2. The Morgan fingerprint density at radius 2 is 0.788 bits per heavy atom. The molecule has 0 aliphatic heterocycles. The number of phosphoric acid groups is 1. The van der Waals surface area contributed by atoms with Crippen LogP contribution in [0.3, 0.4) is 0 Å². The highest BCUT2D eigenvalue weighted by Crippen LogP contribution is 2.43. The number of unbranched alkanes of at least 4 members (excludes halogenated alkanes) is 24. The Morgan fingerprint density at radius 1 is 0.439 bits per heavy atom. The summed E-state index contributed by atoms with van der Waals surface area (Å²) in [6.45, 7) is 4.48. The van der Waals surface area contributed by atoms with E-state index in [1.54, 1.807) is 0 Å². The molecule has 0 aliphatic rings. The van der Waals surface area contributed by atoms with Gasteiger partial charge in [0.05, 0.1) is 19.8 Å². The normalized spacial score (nSPS) is 13.8. The third-order valence-electron chi connectivity index (χ3n) is 11.2. The van der Waals surface area contributed by atoms with E-state index in [-0.39, 0.29) is 25.9 Å². The molecule has 0 saturated carbocycles. The first-order chi connectivity index (χ1) is 32.2. The molecule has 12 heteroatoms. The Hall–Kier alpha value is -2.56. The first kappa shape index (κ1) is 63.4. The second-order valence-electron chi connectivity index (χ2n) is 17.7. The lowest BCUT2D eigenvalue weighted by Gasteiger charge is -2.21. The van der Waals surface area contributed by atoms with Crippen LogP contribution < -0.4 is 0 Å². The van der Waals surface area contributed by atoms with Crippen LogP contribution in [-0.4, -0.2) is 66.5 Å². The van der Waals surface area contributed by atoms with Crippen molar-refractivity contribution in [2.24, 2.45) is 0 Å². The summed E-state index contributed by atoms with van der Waals surface area (Å²) >= 11 is 0. The second kappa shape index (κ2) is 48.9. The van der Waals surface area contributed by atoms with Crippen molar-refractivity contribution in [1.82, 2.24) is 0 Å². The summed E-state index contributed by atoms with van der Waals surface area (Å²) in [5, 5.41) is 9.78. The number of esters is 3. The van der Waals surface area contributed by atoms with Crippen LogP contribution in [-0.2, 0) is 42.2 Å². The lowest BCUT2D eigenvalue weighted by molar-refractivity contribution is -0.161. The van der Waals surface area contributed by atoms with E-state index in [1.807, 2.05) is 0 Å². The van der Waals surface area contributed by atoms with Gasteiger partial charge in [0.1, 0.15) is 12.7 Å². The molecule has 3 unspecified atom stereocenters. The van der Waals surface area contributed by atoms with Crippen LogP contribution in [0.1, 0.15) is 239 Å². The van der Waals surface area contributed by atoms with E-state index in [0.29, 0.717) is 19.3 Å². The molecule has 0 radical (unpaired) electrons. The molecule has 0 aromatic heterocycles. The Balaban J connectivity index is 4.69. The lowest BCUT2D eigenvalue weighted by Crippen LogP contribution is -2.30. The third kappa shape index (κ3) is 46.5. The third-order valence-corrected chi connectivity index (χ3v) is 12.2. The minimum atomic E-state index is -4.74. The molecule has 0 spiro atoms. The number of aliphatic hydroxyl groups excluding tert-OH is 1. The van der Waals surface area contributed by atoms with Crippen LogP contribution in [0.4, 0.5) is 0 Å². The monoisotopic (exact) mass is 953 g/mol. The van der Waals surface area contributed by atoms with Crippen molar-refractivity contribution in [3.63, 3.8) is 0 Å². The van der Waals surface area contributed by atoms with Gasteiger partial charge in [0.2, 0.25) is 0 Å². The fraction of sp³-hybridized carbons (Fsp3) is 0.796. The number of hydrogen-bond acceptors (Lipinski definition) is 10. The minimum Gasteiger partial charge on any atom is -0.462 e. The fourth-order valence-electron chi connectivity index (χ4n) is 7.19. The van der Waals surface area contributed by atoms with Crippen LogP contribution in [0, 0.1) is 0 Å². The average Bonchev–Trinajstić information content (AvgIpc) is 3.30. The molecule has 0 aromatic rings. The Morgan fingerprint density at radius 3 is 1.23 bits per heavy atom. The van der Waals surface area contributed by atoms with Crippen molar-refractivity contribution in [1.29, 1.82) is 0 Å². The van der Waals surface area contributed by atoms with Gasteiger partial charge >= 0.3 is 25.7 Å². The van der Waals surface area contributed by atoms with Crippen molar-refractivity contribution in [2.75, 3.05) is 26.4 Å². The molecular formula is C54H97O11P. The molecule has 3 atom stereocenters. The highest BCUT2D eigenvalue weighted by Gasteiger charge is 2.28. The van der Waals surface area contributed by atoms with Gasteiger partial charge in [-0.05, 0) is 77.0 Å². The quantitative estimate of drug-likeness (QED) is 0.0197. The van der Waals surface area contributed by atoms with Gasteiger partial charge in [-0.25, -0.2) is 4.57 Å². The van der Waals surface area contributed by atoms with Crippen molar-refractivity contribution in [3.8, 4) is 0 Å². The molecule has 384 valence electrons. The summed E-state index contributed by atoms with van der Waals surface area (Å²) in [4.78, 5) is 48.2. The van der Waals surface area contributed by atoms with Crippen LogP contribution >= 0.6 is 7.82 Å². The molecule has 66 heavy (non-hydrogen) atoms. The average molecular weight is 953 g/mol. The highest BCUT2D eigenvalue weighted by atomic mass is 31.2. The number of carbonyl (C=O) groups excluding carboxylic acids is 3. The Labute approximate surface area is 403 Å². The second-order valence-corrected chi connectivity index (χ2v) is 19.1. The van der Waals surface area contributed by atoms with Crippen LogP contribution in [0.15, 0.2) is 48.6 Å². The van der Waals surface area contributed by atoms with Gasteiger partial charge in [0.25, 0.3) is 0 Å². The van der Waals surface area contributed by atoms with E-state index >= 15 is 0 Å². The summed E-state index contributed by atoms with van der Waals surface area (Å²) < 4.78 is 39.3. The molecule has 0 fully saturated rings. The van der Waals surface area contributed by atoms with Gasteiger partial charge in [-0.2, -0.15) is 0 Å². The van der Waals surface area contributed by atoms with Gasteiger partial charge in [0, 0.05) is 19.3 Å². The Kier molecular flexibility index (Phi) is 47.0. The molecule has 0 aromatic carbocycles. The summed E-state index contributed by atoms with van der Waals surface area (Å²) in [6.07, 6.45) is 49.4. The van der Waals surface area contributed by atoms with Crippen molar-refractivity contribution in [2.45, 2.75) is 251 Å². The van der Waals surface area contributed by atoms with E-state index < -0.39 is 57.8 Å². The van der Waals surface area contributed by atoms with Gasteiger partial charge in [-0.1, -0.05) is 191 Å². The van der Waals surface area contributed by atoms with Gasteiger partial charge in [-0.3, -0.25) is 23.4 Å². The molecular weight excluding hydrogens is 856 g/mol. The maximum atomic E-state index is 12.8. The molecule has 0 amide bonds. The smallest absolute Gasteiger partial charge is 0.462 e. The minimum absolute atomic E-state index is 0.149. The fourth-order valence-corrected chi connectivity index (χ4v) is 7.97. The number of hydrogen-bond donors (Lipinski definition) is 2. The number of aliphatic hydroxyl groups is 1. The van der Waals surface area contributed by atoms with Crippen molar-refractivity contribution < 1.29 is 52.2 Å². The van der Waals surface area contributed by atoms with Crippen LogP contribution in [0.2, 0.25) is 0 Å². The van der Waals surface area contributed by atoms with Crippen LogP contribution in [0.25, 0.3) is 0 Å². The van der Waals surface area contributed by atoms with E-state index in [4.69, 9.17) is 23.3 Å². The van der Waals surface area contributed by atoms with Gasteiger partial charge in [0.15, 0.2) is 6.10 Å². The maximum Gasteiger partial charge on any atom is 0.472 e. The number of phosphoric ester groups is 1. The molecule has 0 aliphatic carbocycles. The maximum absolute atomic E-state index is 12.8. The Bertz CT molecular complexity index is 1300. The van der Waals surface area contributed by atoms with Crippen LogP contribution in [0.5, 0.6) is 0 Å². The largest absolute Gasteiger partial charge is 0.472 e. The first-order valence-corrected chi connectivity index (χ1v) is 28.0. The summed E-state index contributed by atoms with van der Waals surface area (Å²) in [5.74, 6) is -1.49. The van der Waals surface area contributed by atoms with E-state index in [9.17, 15) is 28.9 Å². The standard InChI is InChI=1S/C54H97O11P/c1-4-7-10-13-16-19-21-23-25-27-29-32-35-38-41-44-53(57)64-50(46-55)48-62-66(59,60)63-49-51(47-61-52(56)43-40-37-34-31-18-15-12-9-6-3)65-54(58)45-42-39-36-33-30-28-26-24-22-20-17-14-11-8-5-2/h8,11,17,20,23-26,50-51,55H,4-7,9-10,12-16,18-19,21-22,27-49H2,1-3H3,(H,59,60)/b11-8-,20-17-,25-23-,26-24-. The number of ether oxygens (including phenoxy) is 3. The molecule has 0 heterocycles. The van der Waals surface area contributed by atoms with E-state index in [2.05, 4.69) is 69.4 Å². The zero-order chi connectivity index (χ0) is 48.4. The molecule has 0 saturated heterocycles. The molecule has 0 bridgehead atoms. The van der Waals surface area contributed by atoms with Gasteiger partial charge < -0.3 is 24.2 Å². The SMILES string of the molecule is CC/C=C\C/C=C\C/C=C\CCCCCCCC(=O)OC(COC(=O)CCCCCCCCCCC)COP(=O)(O)OCC(CO)OC(=O)CCCCCCC/C=C\CCCCCCCC. The van der Waals surface area contributed by atoms with E-state index in [0.717, 1.165) is 109 Å². The zero-order valence-corrected chi connectivity index (χ0v) is 43.1. The van der Waals surface area contributed by atoms with E-state index in [1.165, 1.54) is 70.6 Å². The van der Waals surface area contributed by atoms with Crippen molar-refractivity contribution in [3.05, 3.63) is 48.6 Å². The van der Waals surface area contributed by atoms with Crippen molar-refractivity contribution >= 4 is 25.7 Å². The highest BCUT2D eigenvalue weighted by molar-refractivity contribution is 7.47. The number of allylic oxidation sites excluding steroid dienone is 8.